The molecule has 1 aromatic carbocycles. The maximum atomic E-state index is 11.7. The number of nitrogens with two attached hydrogens (primary N) is 1. The van der Waals surface area contributed by atoms with Crippen molar-refractivity contribution in [2.75, 3.05) is 13.0 Å². The Balaban J connectivity index is 2.04. The van der Waals surface area contributed by atoms with Gasteiger partial charge in [0.05, 0.1) is 5.25 Å². The number of carboxylic acid groups (broad SMARTS) is 1. The zero-order chi connectivity index (χ0) is 14.7. The first-order chi connectivity index (χ1) is 9.26. The molecule has 20 heavy (non-hydrogen) atoms. The highest BCUT2D eigenvalue weighted by Gasteiger charge is 2.73. The Labute approximate surface area is 115 Å². The maximum absolute atomic E-state index is 11.7. The van der Waals surface area contributed by atoms with E-state index in [1.54, 1.807) is 18.2 Å². The molecule has 0 radical (unpaired) electrons. The third-order valence-electron chi connectivity index (χ3n) is 3.77. The van der Waals surface area contributed by atoms with E-state index in [2.05, 4.69) is 0 Å². The van der Waals surface area contributed by atoms with Crippen molar-refractivity contribution in [1.82, 2.24) is 0 Å². The van der Waals surface area contributed by atoms with Crippen LogP contribution in [-0.2, 0) is 14.6 Å². The summed E-state index contributed by atoms with van der Waals surface area (Å²) in [6.07, 6.45) is 0.995. The first kappa shape index (κ1) is 13.2. The summed E-state index contributed by atoms with van der Waals surface area (Å²) in [6, 6.07) is 4.83. The highest BCUT2D eigenvalue weighted by atomic mass is 32.2. The topological polar surface area (TPSA) is 116 Å². The van der Waals surface area contributed by atoms with Crippen LogP contribution in [0.3, 0.4) is 0 Å². The first-order valence-electron chi connectivity index (χ1n) is 5.87. The number of aliphatic carboxylic acids is 1. The Kier molecular flexibility index (Phi) is 2.55. The first-order valence-corrected chi connectivity index (χ1v) is 7.82. The van der Waals surface area contributed by atoms with Gasteiger partial charge in [-0.05, 0) is 17.7 Å². The number of hydrogen-bond donors (Lipinski definition) is 2. The summed E-state index contributed by atoms with van der Waals surface area (Å²) in [6.45, 7) is 0.0889. The van der Waals surface area contributed by atoms with Gasteiger partial charge in [0, 0.05) is 12.2 Å². The number of hydrogen-bond acceptors (Lipinski definition) is 6. The molecule has 1 fully saturated rings. The fourth-order valence-corrected chi connectivity index (χ4v) is 4.54. The molecule has 1 heterocycles. The second kappa shape index (κ2) is 3.86. The Hall–Kier alpha value is -1.80. The van der Waals surface area contributed by atoms with Crippen molar-refractivity contribution in [2.45, 2.75) is 16.7 Å². The summed E-state index contributed by atoms with van der Waals surface area (Å²) >= 11 is 0. The second-order valence-electron chi connectivity index (χ2n) is 5.08. The molecule has 0 bridgehead atoms. The fraction of sp³-hybridized carbons (Fsp3) is 0.417. The van der Waals surface area contributed by atoms with E-state index in [4.69, 9.17) is 15.2 Å². The minimum Gasteiger partial charge on any atom is -0.480 e. The van der Waals surface area contributed by atoms with Gasteiger partial charge >= 0.3 is 5.97 Å². The van der Waals surface area contributed by atoms with Crippen LogP contribution in [0.25, 0.3) is 0 Å². The molecule has 108 valence electrons. The average molecular weight is 299 g/mol. The number of carbonyl (C=O) groups is 1. The summed E-state index contributed by atoms with van der Waals surface area (Å²) in [5.41, 5.74) is 4.52. The van der Waals surface area contributed by atoms with Gasteiger partial charge in [0.2, 0.25) is 6.79 Å². The van der Waals surface area contributed by atoms with Crippen molar-refractivity contribution in [3.63, 3.8) is 0 Å². The number of benzene rings is 1. The van der Waals surface area contributed by atoms with Crippen LogP contribution in [0.2, 0.25) is 0 Å². The lowest BCUT2D eigenvalue weighted by molar-refractivity contribution is -0.139. The highest BCUT2D eigenvalue weighted by Crippen LogP contribution is 2.55. The Morgan fingerprint density at radius 2 is 2.05 bits per heavy atom. The lowest BCUT2D eigenvalue weighted by Crippen LogP contribution is -2.39. The molecule has 3 rings (SSSR count). The molecule has 7 nitrogen and oxygen atoms in total. The van der Waals surface area contributed by atoms with Crippen LogP contribution in [0.15, 0.2) is 18.2 Å². The van der Waals surface area contributed by atoms with Crippen LogP contribution in [0.1, 0.15) is 11.5 Å². The van der Waals surface area contributed by atoms with Crippen LogP contribution >= 0.6 is 0 Å². The standard InChI is InChI=1S/C12H13NO6S/c1-20(16,17)10-9(12(10,13)11(14)15)6-2-3-7-8(4-6)19-5-18-7/h2-4,9-10H,5,13H2,1H3,(H,14,15)/t9-,10+,12-/m0/s1. The molecule has 1 aromatic rings. The third-order valence-corrected chi connectivity index (χ3v) is 5.35. The van der Waals surface area contributed by atoms with Crippen molar-refractivity contribution in [3.8, 4) is 11.5 Å². The van der Waals surface area contributed by atoms with E-state index in [0.717, 1.165) is 6.26 Å². The lowest BCUT2D eigenvalue weighted by Gasteiger charge is -2.05. The molecule has 0 aromatic heterocycles. The highest BCUT2D eigenvalue weighted by molar-refractivity contribution is 7.91. The summed E-state index contributed by atoms with van der Waals surface area (Å²) in [5, 5.41) is 8.09. The van der Waals surface area contributed by atoms with Crippen LogP contribution < -0.4 is 15.2 Å². The van der Waals surface area contributed by atoms with Crippen molar-refractivity contribution < 1.29 is 27.8 Å². The molecular weight excluding hydrogens is 286 g/mol. The van der Waals surface area contributed by atoms with Crippen LogP contribution in [0.4, 0.5) is 0 Å². The quantitative estimate of drug-likeness (QED) is 0.787. The fourth-order valence-electron chi connectivity index (χ4n) is 2.79. The normalized spacial score (nSPS) is 31.1. The van der Waals surface area contributed by atoms with E-state index in [1.807, 2.05) is 0 Å². The van der Waals surface area contributed by atoms with Crippen molar-refractivity contribution in [3.05, 3.63) is 23.8 Å². The zero-order valence-electron chi connectivity index (χ0n) is 10.6. The Morgan fingerprint density at radius 3 is 2.60 bits per heavy atom. The van der Waals surface area contributed by atoms with Crippen molar-refractivity contribution >= 4 is 15.8 Å². The van der Waals surface area contributed by atoms with Gasteiger partial charge in [0.1, 0.15) is 5.54 Å². The van der Waals surface area contributed by atoms with Gasteiger partial charge in [-0.3, -0.25) is 4.79 Å². The molecule has 2 aliphatic rings. The molecule has 1 saturated carbocycles. The lowest BCUT2D eigenvalue weighted by atomic mass is 10.1. The monoisotopic (exact) mass is 299 g/mol. The Bertz CT molecular complexity index is 700. The van der Waals surface area contributed by atoms with Crippen LogP contribution in [-0.4, -0.2) is 43.3 Å². The number of fused-ring (bicyclic) bond motifs is 1. The molecular formula is C12H13NO6S. The van der Waals surface area contributed by atoms with Gasteiger partial charge in [-0.1, -0.05) is 6.07 Å². The van der Waals surface area contributed by atoms with E-state index in [0.29, 0.717) is 17.1 Å². The molecule has 0 spiro atoms. The largest absolute Gasteiger partial charge is 0.480 e. The summed E-state index contributed by atoms with van der Waals surface area (Å²) in [5.74, 6) is -1.10. The molecule has 3 N–H and O–H groups in total. The van der Waals surface area contributed by atoms with Gasteiger partial charge < -0.3 is 20.3 Å². The molecule has 0 unspecified atom stereocenters. The van der Waals surface area contributed by atoms with E-state index >= 15 is 0 Å². The van der Waals surface area contributed by atoms with E-state index in [-0.39, 0.29) is 6.79 Å². The molecule has 3 atom stereocenters. The van der Waals surface area contributed by atoms with Gasteiger partial charge in [-0.2, -0.15) is 0 Å². The predicted octanol–water partition coefficient (Wildman–Crippen LogP) is -0.292. The van der Waals surface area contributed by atoms with Crippen LogP contribution in [0.5, 0.6) is 11.5 Å². The van der Waals surface area contributed by atoms with E-state index < -0.39 is 32.5 Å². The van der Waals surface area contributed by atoms with Gasteiger partial charge in [-0.25, -0.2) is 8.42 Å². The van der Waals surface area contributed by atoms with Gasteiger partial charge in [0.25, 0.3) is 0 Å². The number of sulfone groups is 1. The number of rotatable bonds is 3. The van der Waals surface area contributed by atoms with Crippen molar-refractivity contribution in [1.29, 1.82) is 0 Å². The molecule has 1 aliphatic carbocycles. The van der Waals surface area contributed by atoms with Crippen LogP contribution in [0, 0.1) is 0 Å². The summed E-state index contributed by atoms with van der Waals surface area (Å²) in [4.78, 5) is 11.3. The minimum absolute atomic E-state index is 0.0889. The zero-order valence-corrected chi connectivity index (χ0v) is 11.4. The predicted molar refractivity (Wildman–Crippen MR) is 68.5 cm³/mol. The second-order valence-corrected chi connectivity index (χ2v) is 7.25. The summed E-state index contributed by atoms with van der Waals surface area (Å²) < 4.78 is 33.8. The SMILES string of the molecule is CS(=O)(=O)[C@@H]1[C@H](c2ccc3c(c2)OCO3)[C@@]1(N)C(=O)O. The minimum atomic E-state index is -3.57. The third kappa shape index (κ3) is 1.68. The van der Waals surface area contributed by atoms with E-state index in [9.17, 15) is 18.3 Å². The molecule has 8 heteroatoms. The number of ether oxygens (including phenoxy) is 2. The maximum Gasteiger partial charge on any atom is 0.325 e. The molecule has 1 aliphatic heterocycles. The molecule has 0 saturated heterocycles. The summed E-state index contributed by atoms with van der Waals surface area (Å²) in [7, 11) is -3.57. The Morgan fingerprint density at radius 1 is 1.40 bits per heavy atom. The van der Waals surface area contributed by atoms with E-state index in [1.165, 1.54) is 0 Å². The van der Waals surface area contributed by atoms with Crippen molar-refractivity contribution in [2.24, 2.45) is 5.73 Å². The smallest absolute Gasteiger partial charge is 0.325 e. The number of carboxylic acids is 1. The molecule has 0 amide bonds. The average Bonchev–Trinajstić information content (AvgIpc) is 2.79. The van der Waals surface area contributed by atoms with Gasteiger partial charge in [0.15, 0.2) is 21.3 Å². The van der Waals surface area contributed by atoms with Gasteiger partial charge in [-0.15, -0.1) is 0 Å².